The van der Waals surface area contributed by atoms with E-state index in [2.05, 4.69) is 12.1 Å². The Balaban J connectivity index is 2.24. The standard InChI is InChI=1S/C14H19NOS/c1-2-10(9-15)14(16)12-5-6-13-11(8-12)4-3-7-17-13/h5-6,8,10H,2-4,7,9,15H2,1H3. The van der Waals surface area contributed by atoms with E-state index in [1.165, 1.54) is 22.6 Å². The fourth-order valence-corrected chi connectivity index (χ4v) is 3.23. The molecule has 0 saturated carbocycles. The van der Waals surface area contributed by atoms with Gasteiger partial charge in [-0.15, -0.1) is 11.8 Å². The number of thioether (sulfide) groups is 1. The highest BCUT2D eigenvalue weighted by atomic mass is 32.2. The molecule has 0 saturated heterocycles. The van der Waals surface area contributed by atoms with Crippen LogP contribution in [0.25, 0.3) is 0 Å². The van der Waals surface area contributed by atoms with Gasteiger partial charge in [-0.2, -0.15) is 0 Å². The lowest BCUT2D eigenvalue weighted by Gasteiger charge is -2.17. The maximum absolute atomic E-state index is 12.2. The van der Waals surface area contributed by atoms with E-state index < -0.39 is 0 Å². The Bertz CT molecular complexity index is 413. The third-order valence-corrected chi connectivity index (χ3v) is 4.54. The zero-order valence-corrected chi connectivity index (χ0v) is 11.1. The van der Waals surface area contributed by atoms with E-state index in [-0.39, 0.29) is 11.7 Å². The first kappa shape index (κ1) is 12.7. The predicted molar refractivity (Wildman–Crippen MR) is 72.7 cm³/mol. The SMILES string of the molecule is CCC(CN)C(=O)c1ccc2c(c1)CCCS2. The number of hydrogen-bond donors (Lipinski definition) is 1. The Hall–Kier alpha value is -0.800. The van der Waals surface area contributed by atoms with Crippen LogP contribution in [0.1, 0.15) is 35.7 Å². The van der Waals surface area contributed by atoms with Crippen molar-refractivity contribution in [3.8, 4) is 0 Å². The molecule has 17 heavy (non-hydrogen) atoms. The molecule has 1 aliphatic heterocycles. The smallest absolute Gasteiger partial charge is 0.167 e. The first-order valence-corrected chi connectivity index (χ1v) is 7.24. The molecule has 0 fully saturated rings. The van der Waals surface area contributed by atoms with Gasteiger partial charge in [-0.3, -0.25) is 4.79 Å². The summed E-state index contributed by atoms with van der Waals surface area (Å²) in [6, 6.07) is 6.12. The number of hydrogen-bond acceptors (Lipinski definition) is 3. The maximum Gasteiger partial charge on any atom is 0.167 e. The third kappa shape index (κ3) is 2.72. The number of carbonyl (C=O) groups is 1. The first-order valence-electron chi connectivity index (χ1n) is 6.26. The van der Waals surface area contributed by atoms with Gasteiger partial charge < -0.3 is 5.73 Å². The summed E-state index contributed by atoms with van der Waals surface area (Å²) >= 11 is 1.89. The molecular formula is C14H19NOS. The van der Waals surface area contributed by atoms with Gasteiger partial charge in [-0.25, -0.2) is 0 Å². The molecule has 0 spiro atoms. The molecule has 92 valence electrons. The highest BCUT2D eigenvalue weighted by molar-refractivity contribution is 7.99. The molecule has 1 unspecified atom stereocenters. The van der Waals surface area contributed by atoms with Crippen LogP contribution in [0.15, 0.2) is 23.1 Å². The van der Waals surface area contributed by atoms with Crippen LogP contribution in [-0.2, 0) is 6.42 Å². The second-order valence-corrected chi connectivity index (χ2v) is 5.62. The highest BCUT2D eigenvalue weighted by Crippen LogP contribution is 2.31. The number of rotatable bonds is 4. The minimum Gasteiger partial charge on any atom is -0.330 e. The number of ketones is 1. The van der Waals surface area contributed by atoms with Gasteiger partial charge in [0.05, 0.1) is 0 Å². The zero-order valence-electron chi connectivity index (χ0n) is 10.2. The van der Waals surface area contributed by atoms with E-state index in [0.29, 0.717) is 6.54 Å². The average molecular weight is 249 g/mol. The zero-order chi connectivity index (χ0) is 12.3. The summed E-state index contributed by atoms with van der Waals surface area (Å²) in [5, 5.41) is 0. The van der Waals surface area contributed by atoms with Crippen LogP contribution in [-0.4, -0.2) is 18.1 Å². The van der Waals surface area contributed by atoms with Crippen LogP contribution >= 0.6 is 11.8 Å². The Kier molecular flexibility index (Phi) is 4.24. The van der Waals surface area contributed by atoms with Crippen molar-refractivity contribution in [1.82, 2.24) is 0 Å². The number of nitrogens with two attached hydrogens (primary N) is 1. The summed E-state index contributed by atoms with van der Waals surface area (Å²) in [6.45, 7) is 2.46. The molecule has 2 rings (SSSR count). The van der Waals surface area contributed by atoms with Crippen molar-refractivity contribution in [2.45, 2.75) is 31.1 Å². The van der Waals surface area contributed by atoms with Crippen molar-refractivity contribution in [3.63, 3.8) is 0 Å². The van der Waals surface area contributed by atoms with Gasteiger partial charge in [0.2, 0.25) is 0 Å². The summed E-state index contributed by atoms with van der Waals surface area (Å²) < 4.78 is 0. The lowest BCUT2D eigenvalue weighted by Crippen LogP contribution is -2.23. The van der Waals surface area contributed by atoms with Gasteiger partial charge in [0.25, 0.3) is 0 Å². The van der Waals surface area contributed by atoms with Gasteiger partial charge >= 0.3 is 0 Å². The molecule has 0 bridgehead atoms. The van der Waals surface area contributed by atoms with Crippen molar-refractivity contribution < 1.29 is 4.79 Å². The van der Waals surface area contributed by atoms with Gasteiger partial charge in [0, 0.05) is 22.9 Å². The fourth-order valence-electron chi connectivity index (χ4n) is 2.21. The lowest BCUT2D eigenvalue weighted by molar-refractivity contribution is 0.0921. The van der Waals surface area contributed by atoms with E-state index in [1.807, 2.05) is 24.8 Å². The summed E-state index contributed by atoms with van der Waals surface area (Å²) in [5.41, 5.74) is 7.80. The number of benzene rings is 1. The number of fused-ring (bicyclic) bond motifs is 1. The highest BCUT2D eigenvalue weighted by Gasteiger charge is 2.18. The second kappa shape index (κ2) is 5.69. The van der Waals surface area contributed by atoms with Gasteiger partial charge in [0.1, 0.15) is 0 Å². The van der Waals surface area contributed by atoms with Crippen molar-refractivity contribution in [2.75, 3.05) is 12.3 Å². The fraction of sp³-hybridized carbons (Fsp3) is 0.500. The van der Waals surface area contributed by atoms with E-state index in [4.69, 9.17) is 5.73 Å². The molecular weight excluding hydrogens is 230 g/mol. The molecule has 0 amide bonds. The average Bonchev–Trinajstić information content (AvgIpc) is 2.39. The van der Waals surface area contributed by atoms with Crippen molar-refractivity contribution in [3.05, 3.63) is 29.3 Å². The Labute approximate surface area is 107 Å². The Morgan fingerprint density at radius 2 is 2.35 bits per heavy atom. The molecule has 0 radical (unpaired) electrons. The van der Waals surface area contributed by atoms with Crippen LogP contribution in [0.2, 0.25) is 0 Å². The topological polar surface area (TPSA) is 43.1 Å². The number of aryl methyl sites for hydroxylation is 1. The molecule has 1 atom stereocenters. The summed E-state index contributed by atoms with van der Waals surface area (Å²) in [4.78, 5) is 13.5. The predicted octanol–water partition coefficient (Wildman–Crippen LogP) is 2.89. The second-order valence-electron chi connectivity index (χ2n) is 4.48. The number of Topliss-reactive ketones (excluding diaryl/α,β-unsaturated/α-hetero) is 1. The minimum atomic E-state index is -0.0238. The van der Waals surface area contributed by atoms with Crippen LogP contribution < -0.4 is 5.73 Å². The van der Waals surface area contributed by atoms with Crippen LogP contribution in [0.4, 0.5) is 0 Å². The molecule has 1 aliphatic rings. The van der Waals surface area contributed by atoms with Crippen molar-refractivity contribution in [2.24, 2.45) is 11.7 Å². The number of carbonyl (C=O) groups excluding carboxylic acids is 1. The molecule has 0 aliphatic carbocycles. The van der Waals surface area contributed by atoms with Crippen LogP contribution in [0, 0.1) is 5.92 Å². The summed E-state index contributed by atoms with van der Waals surface area (Å²) in [7, 11) is 0. The first-order chi connectivity index (χ1) is 8.26. The largest absolute Gasteiger partial charge is 0.330 e. The molecule has 1 heterocycles. The van der Waals surface area contributed by atoms with Crippen LogP contribution in [0.5, 0.6) is 0 Å². The van der Waals surface area contributed by atoms with Crippen LogP contribution in [0.3, 0.4) is 0 Å². The van der Waals surface area contributed by atoms with E-state index >= 15 is 0 Å². The van der Waals surface area contributed by atoms with Crippen molar-refractivity contribution >= 4 is 17.5 Å². The molecule has 0 aromatic heterocycles. The summed E-state index contributed by atoms with van der Waals surface area (Å²) in [5.74, 6) is 1.37. The van der Waals surface area contributed by atoms with Gasteiger partial charge in [-0.1, -0.05) is 13.0 Å². The van der Waals surface area contributed by atoms with E-state index in [1.54, 1.807) is 0 Å². The Morgan fingerprint density at radius 1 is 1.53 bits per heavy atom. The molecule has 1 aromatic rings. The van der Waals surface area contributed by atoms with E-state index in [0.717, 1.165) is 18.4 Å². The molecule has 3 heteroatoms. The quantitative estimate of drug-likeness (QED) is 0.834. The third-order valence-electron chi connectivity index (χ3n) is 3.34. The maximum atomic E-state index is 12.2. The van der Waals surface area contributed by atoms with Gasteiger partial charge in [0.15, 0.2) is 5.78 Å². The normalized spacial score (nSPS) is 16.4. The van der Waals surface area contributed by atoms with Gasteiger partial charge in [-0.05, 0) is 42.7 Å². The van der Waals surface area contributed by atoms with E-state index in [9.17, 15) is 4.79 Å². The Morgan fingerprint density at radius 3 is 3.06 bits per heavy atom. The monoisotopic (exact) mass is 249 g/mol. The minimum absolute atomic E-state index is 0.0238. The lowest BCUT2D eigenvalue weighted by atomic mass is 9.93. The molecule has 2 nitrogen and oxygen atoms in total. The molecule has 2 N–H and O–H groups in total. The molecule has 1 aromatic carbocycles. The summed E-state index contributed by atoms with van der Waals surface area (Å²) in [6.07, 6.45) is 3.13. The van der Waals surface area contributed by atoms with Crippen molar-refractivity contribution in [1.29, 1.82) is 0 Å².